The van der Waals surface area contributed by atoms with Gasteiger partial charge in [-0.2, -0.15) is 0 Å². The van der Waals surface area contributed by atoms with Gasteiger partial charge < -0.3 is 5.73 Å². The number of aromatic nitrogens is 1. The number of nitrogens with two attached hydrogens (primary N) is 1. The van der Waals surface area contributed by atoms with Crippen LogP contribution in [0.3, 0.4) is 0 Å². The summed E-state index contributed by atoms with van der Waals surface area (Å²) in [5, 5.41) is 0. The molecule has 17 heavy (non-hydrogen) atoms. The predicted molar refractivity (Wildman–Crippen MR) is 75.1 cm³/mol. The summed E-state index contributed by atoms with van der Waals surface area (Å²) >= 11 is 5.29. The summed E-state index contributed by atoms with van der Waals surface area (Å²) in [4.78, 5) is 6.36. The molecule has 1 aromatic heterocycles. The van der Waals surface area contributed by atoms with Crippen molar-refractivity contribution in [1.29, 1.82) is 0 Å². The fourth-order valence-electron chi connectivity index (χ4n) is 1.42. The van der Waals surface area contributed by atoms with Crippen LogP contribution in [0.15, 0.2) is 57.0 Å². The Hall–Kier alpha value is -0.840. The molecule has 1 atom stereocenters. The number of halogens is 1. The van der Waals surface area contributed by atoms with Crippen molar-refractivity contribution in [3.8, 4) is 0 Å². The van der Waals surface area contributed by atoms with Gasteiger partial charge in [0.2, 0.25) is 0 Å². The number of nitrogens with zero attached hydrogens (tertiary/aromatic N) is 1. The lowest BCUT2D eigenvalue weighted by Crippen LogP contribution is -2.04. The van der Waals surface area contributed by atoms with Crippen LogP contribution in [0.4, 0.5) is 0 Å². The van der Waals surface area contributed by atoms with E-state index in [4.69, 9.17) is 5.73 Å². The van der Waals surface area contributed by atoms with Crippen molar-refractivity contribution in [3.05, 3.63) is 52.8 Å². The van der Waals surface area contributed by atoms with Crippen LogP contribution in [0.1, 0.15) is 18.5 Å². The number of hydrogen-bond acceptors (Lipinski definition) is 3. The van der Waals surface area contributed by atoms with E-state index in [-0.39, 0.29) is 6.04 Å². The third-order valence-electron chi connectivity index (χ3n) is 2.36. The van der Waals surface area contributed by atoms with Crippen LogP contribution in [-0.2, 0) is 0 Å². The molecule has 2 aromatic rings. The molecule has 2 N–H and O–H groups in total. The molecule has 0 unspecified atom stereocenters. The van der Waals surface area contributed by atoms with Crippen LogP contribution in [0.25, 0.3) is 0 Å². The average molecular weight is 309 g/mol. The highest BCUT2D eigenvalue weighted by molar-refractivity contribution is 9.10. The molecule has 0 fully saturated rings. The number of hydrogen-bond donors (Lipinski definition) is 1. The Balaban J connectivity index is 2.23. The Morgan fingerprint density at radius 3 is 2.53 bits per heavy atom. The van der Waals surface area contributed by atoms with Crippen LogP contribution in [0.5, 0.6) is 0 Å². The number of pyridine rings is 1. The van der Waals surface area contributed by atoms with Gasteiger partial charge in [-0.1, -0.05) is 17.8 Å². The Kier molecular flexibility index (Phi) is 4.20. The molecule has 1 heterocycles. The van der Waals surface area contributed by atoms with Gasteiger partial charge in [-0.25, -0.2) is 0 Å². The summed E-state index contributed by atoms with van der Waals surface area (Å²) in [5.74, 6) is 0. The minimum atomic E-state index is 0.0614. The zero-order chi connectivity index (χ0) is 12.3. The minimum absolute atomic E-state index is 0.0614. The van der Waals surface area contributed by atoms with E-state index in [9.17, 15) is 0 Å². The molecule has 1 aromatic carbocycles. The Morgan fingerprint density at radius 1 is 1.24 bits per heavy atom. The molecular formula is C13H13BrN2S. The lowest BCUT2D eigenvalue weighted by Gasteiger charge is -2.09. The predicted octanol–water partition coefficient (Wildman–Crippen LogP) is 4.02. The zero-order valence-electron chi connectivity index (χ0n) is 9.43. The summed E-state index contributed by atoms with van der Waals surface area (Å²) in [5.41, 5.74) is 6.98. The van der Waals surface area contributed by atoms with Gasteiger partial charge in [0.1, 0.15) is 0 Å². The van der Waals surface area contributed by atoms with Crippen LogP contribution >= 0.6 is 27.7 Å². The topological polar surface area (TPSA) is 38.9 Å². The largest absolute Gasteiger partial charge is 0.324 e. The van der Waals surface area contributed by atoms with Gasteiger partial charge in [0.25, 0.3) is 0 Å². The maximum atomic E-state index is 5.85. The monoisotopic (exact) mass is 308 g/mol. The molecule has 2 rings (SSSR count). The maximum Gasteiger partial charge on any atom is 0.0318 e. The highest BCUT2D eigenvalue weighted by Gasteiger charge is 2.05. The van der Waals surface area contributed by atoms with Crippen molar-refractivity contribution < 1.29 is 0 Å². The van der Waals surface area contributed by atoms with E-state index in [1.807, 2.05) is 19.1 Å². The van der Waals surface area contributed by atoms with Gasteiger partial charge >= 0.3 is 0 Å². The fourth-order valence-corrected chi connectivity index (χ4v) is 2.86. The quantitative estimate of drug-likeness (QED) is 0.931. The normalized spacial score (nSPS) is 12.4. The molecule has 0 saturated carbocycles. The van der Waals surface area contributed by atoms with Gasteiger partial charge in [0, 0.05) is 32.7 Å². The molecule has 88 valence electrons. The van der Waals surface area contributed by atoms with E-state index in [1.54, 1.807) is 24.2 Å². The van der Waals surface area contributed by atoms with E-state index in [0.29, 0.717) is 0 Å². The van der Waals surface area contributed by atoms with Gasteiger partial charge in [-0.15, -0.1) is 0 Å². The molecule has 2 nitrogen and oxygen atoms in total. The van der Waals surface area contributed by atoms with Crippen LogP contribution < -0.4 is 5.73 Å². The van der Waals surface area contributed by atoms with Gasteiger partial charge in [-0.3, -0.25) is 4.98 Å². The van der Waals surface area contributed by atoms with Gasteiger partial charge in [0.15, 0.2) is 0 Å². The van der Waals surface area contributed by atoms with Gasteiger partial charge in [-0.05, 0) is 52.7 Å². The number of rotatable bonds is 3. The maximum absolute atomic E-state index is 5.85. The van der Waals surface area contributed by atoms with Crippen LogP contribution in [0.2, 0.25) is 0 Å². The molecule has 0 radical (unpaired) electrons. The van der Waals surface area contributed by atoms with E-state index < -0.39 is 0 Å². The molecule has 0 spiro atoms. The Labute approximate surface area is 114 Å². The van der Waals surface area contributed by atoms with Gasteiger partial charge in [0.05, 0.1) is 0 Å². The first-order valence-electron chi connectivity index (χ1n) is 5.30. The van der Waals surface area contributed by atoms with Crippen LogP contribution in [0, 0.1) is 0 Å². The Bertz CT molecular complexity index is 500. The lowest BCUT2D eigenvalue weighted by molar-refractivity contribution is 0.815. The lowest BCUT2D eigenvalue weighted by atomic mass is 10.1. The number of benzene rings is 1. The summed E-state index contributed by atoms with van der Waals surface area (Å²) in [6, 6.07) is 10.3. The third kappa shape index (κ3) is 3.31. The highest BCUT2D eigenvalue weighted by Crippen LogP contribution is 2.34. The van der Waals surface area contributed by atoms with Crippen molar-refractivity contribution in [2.75, 3.05) is 0 Å². The van der Waals surface area contributed by atoms with Crippen molar-refractivity contribution in [2.45, 2.75) is 22.8 Å². The minimum Gasteiger partial charge on any atom is -0.324 e. The molecule has 0 aliphatic carbocycles. The summed E-state index contributed by atoms with van der Waals surface area (Å²) in [6.45, 7) is 1.98. The Morgan fingerprint density at radius 2 is 1.94 bits per heavy atom. The average Bonchev–Trinajstić information content (AvgIpc) is 2.33. The van der Waals surface area contributed by atoms with Crippen molar-refractivity contribution in [3.63, 3.8) is 0 Å². The molecular weight excluding hydrogens is 296 g/mol. The molecule has 0 saturated heterocycles. The molecule has 0 aliphatic rings. The van der Waals surface area contributed by atoms with Crippen molar-refractivity contribution in [1.82, 2.24) is 4.98 Å². The highest BCUT2D eigenvalue weighted by atomic mass is 79.9. The molecule has 0 aliphatic heterocycles. The van der Waals surface area contributed by atoms with Crippen molar-refractivity contribution >= 4 is 27.7 Å². The second-order valence-corrected chi connectivity index (χ2v) is 5.73. The van der Waals surface area contributed by atoms with E-state index >= 15 is 0 Å². The second kappa shape index (κ2) is 5.67. The first-order valence-corrected chi connectivity index (χ1v) is 6.90. The summed E-state index contributed by atoms with van der Waals surface area (Å²) in [7, 11) is 0. The second-order valence-electron chi connectivity index (χ2n) is 3.76. The van der Waals surface area contributed by atoms with E-state index in [0.717, 1.165) is 10.0 Å². The van der Waals surface area contributed by atoms with E-state index in [1.165, 1.54) is 9.79 Å². The van der Waals surface area contributed by atoms with Crippen molar-refractivity contribution in [2.24, 2.45) is 5.73 Å². The summed E-state index contributed by atoms with van der Waals surface area (Å²) in [6.07, 6.45) is 3.60. The first-order chi connectivity index (χ1) is 8.16. The smallest absolute Gasteiger partial charge is 0.0318 e. The molecule has 0 amide bonds. The fraction of sp³-hybridized carbons (Fsp3) is 0.154. The first kappa shape index (κ1) is 12.6. The zero-order valence-corrected chi connectivity index (χ0v) is 11.8. The molecule has 0 bridgehead atoms. The van der Waals surface area contributed by atoms with E-state index in [2.05, 4.69) is 39.1 Å². The SMILES string of the molecule is C[C@@H](N)c1ccc(Sc2ccncc2)c(Br)c1. The third-order valence-corrected chi connectivity index (χ3v) is 4.36. The summed E-state index contributed by atoms with van der Waals surface area (Å²) < 4.78 is 1.08. The van der Waals surface area contributed by atoms with Crippen LogP contribution in [-0.4, -0.2) is 4.98 Å². The molecule has 4 heteroatoms. The standard InChI is InChI=1S/C13H13BrN2S/c1-9(15)10-2-3-13(12(14)8-10)17-11-4-6-16-7-5-11/h2-9H,15H2,1H3/t9-/m1/s1.